The van der Waals surface area contributed by atoms with Crippen LogP contribution < -0.4 is 10.5 Å². The molecule has 0 spiro atoms. The largest absolute Gasteiger partial charge is 0.491 e. The quantitative estimate of drug-likeness (QED) is 0.600. The van der Waals surface area contributed by atoms with Crippen molar-refractivity contribution >= 4 is 5.69 Å². The van der Waals surface area contributed by atoms with Crippen LogP contribution in [-0.2, 0) is 0 Å². The third-order valence-corrected chi connectivity index (χ3v) is 2.45. The van der Waals surface area contributed by atoms with Gasteiger partial charge in [0.05, 0.1) is 16.5 Å². The van der Waals surface area contributed by atoms with Crippen LogP contribution in [0.3, 0.4) is 0 Å². The van der Waals surface area contributed by atoms with Gasteiger partial charge in [0.15, 0.2) is 0 Å². The standard InChI is InChI=1S/C10H12N2O3/c11-10(4-5-10)7-15-9-3-1-2-8(6-9)12(13)14/h1-3,6H,4-5,7,11H2. The summed E-state index contributed by atoms with van der Waals surface area (Å²) in [7, 11) is 0. The average molecular weight is 208 g/mol. The van der Waals surface area contributed by atoms with Crippen LogP contribution in [-0.4, -0.2) is 17.1 Å². The monoisotopic (exact) mass is 208 g/mol. The molecule has 0 aliphatic heterocycles. The van der Waals surface area contributed by atoms with Gasteiger partial charge in [-0.1, -0.05) is 6.07 Å². The lowest BCUT2D eigenvalue weighted by atomic mass is 10.3. The molecule has 2 N–H and O–H groups in total. The van der Waals surface area contributed by atoms with E-state index in [0.29, 0.717) is 12.4 Å². The van der Waals surface area contributed by atoms with E-state index >= 15 is 0 Å². The molecule has 0 bridgehead atoms. The first kappa shape index (κ1) is 9.92. The molecule has 0 aromatic heterocycles. The summed E-state index contributed by atoms with van der Waals surface area (Å²) >= 11 is 0. The minimum Gasteiger partial charge on any atom is -0.491 e. The van der Waals surface area contributed by atoms with E-state index in [9.17, 15) is 10.1 Å². The maximum Gasteiger partial charge on any atom is 0.273 e. The van der Waals surface area contributed by atoms with Crippen LogP contribution in [0.5, 0.6) is 5.75 Å². The molecule has 5 nitrogen and oxygen atoms in total. The molecule has 1 aliphatic carbocycles. The van der Waals surface area contributed by atoms with Crippen molar-refractivity contribution in [2.75, 3.05) is 6.61 Å². The Balaban J connectivity index is 2.01. The average Bonchev–Trinajstić information content (AvgIpc) is 2.95. The summed E-state index contributed by atoms with van der Waals surface area (Å²) in [4.78, 5) is 10.0. The highest BCUT2D eigenvalue weighted by Crippen LogP contribution is 2.33. The van der Waals surface area contributed by atoms with Crippen molar-refractivity contribution in [2.24, 2.45) is 5.73 Å². The molecule has 1 saturated carbocycles. The summed E-state index contributed by atoms with van der Waals surface area (Å²) in [5, 5.41) is 10.5. The number of hydrogen-bond acceptors (Lipinski definition) is 4. The van der Waals surface area contributed by atoms with Crippen molar-refractivity contribution < 1.29 is 9.66 Å². The summed E-state index contributed by atoms with van der Waals surface area (Å²) in [6.45, 7) is 0.425. The second kappa shape index (κ2) is 3.51. The van der Waals surface area contributed by atoms with Crippen LogP contribution in [0.15, 0.2) is 24.3 Å². The van der Waals surface area contributed by atoms with Crippen molar-refractivity contribution in [1.82, 2.24) is 0 Å². The van der Waals surface area contributed by atoms with E-state index in [1.807, 2.05) is 0 Å². The molecule has 1 aliphatic rings. The number of nitrogens with two attached hydrogens (primary N) is 1. The van der Waals surface area contributed by atoms with Crippen molar-refractivity contribution in [3.05, 3.63) is 34.4 Å². The van der Waals surface area contributed by atoms with Gasteiger partial charge in [0.1, 0.15) is 12.4 Å². The zero-order valence-corrected chi connectivity index (χ0v) is 8.18. The lowest BCUT2D eigenvalue weighted by Crippen LogP contribution is -2.29. The molecule has 0 atom stereocenters. The topological polar surface area (TPSA) is 78.4 Å². The Morgan fingerprint density at radius 2 is 2.27 bits per heavy atom. The maximum absolute atomic E-state index is 10.5. The lowest BCUT2D eigenvalue weighted by Gasteiger charge is -2.10. The molecule has 5 heteroatoms. The zero-order chi connectivity index (χ0) is 10.9. The van der Waals surface area contributed by atoms with Crippen LogP contribution in [0.2, 0.25) is 0 Å². The highest BCUT2D eigenvalue weighted by molar-refractivity contribution is 5.38. The molecule has 80 valence electrons. The van der Waals surface area contributed by atoms with Crippen molar-refractivity contribution in [3.63, 3.8) is 0 Å². The predicted molar refractivity (Wildman–Crippen MR) is 54.7 cm³/mol. The fourth-order valence-electron chi connectivity index (χ4n) is 1.22. The fourth-order valence-corrected chi connectivity index (χ4v) is 1.22. The molecule has 1 aromatic carbocycles. The Labute approximate surface area is 87.0 Å². The number of hydrogen-bond donors (Lipinski definition) is 1. The van der Waals surface area contributed by atoms with Crippen molar-refractivity contribution in [2.45, 2.75) is 18.4 Å². The van der Waals surface area contributed by atoms with Crippen LogP contribution >= 0.6 is 0 Å². The van der Waals surface area contributed by atoms with E-state index in [2.05, 4.69) is 0 Å². The summed E-state index contributed by atoms with van der Waals surface area (Å²) in [6.07, 6.45) is 1.92. The van der Waals surface area contributed by atoms with Gasteiger partial charge >= 0.3 is 0 Å². The third kappa shape index (κ3) is 2.44. The Morgan fingerprint density at radius 3 is 2.87 bits per heavy atom. The number of nitrogens with zero attached hydrogens (tertiary/aromatic N) is 1. The number of ether oxygens (including phenoxy) is 1. The molecule has 0 heterocycles. The Bertz CT molecular complexity index is 388. The summed E-state index contributed by atoms with van der Waals surface area (Å²) in [6, 6.07) is 6.14. The molecule has 0 unspecified atom stereocenters. The van der Waals surface area contributed by atoms with Gasteiger partial charge in [0, 0.05) is 6.07 Å². The van der Waals surface area contributed by atoms with Crippen LogP contribution in [0.1, 0.15) is 12.8 Å². The van der Waals surface area contributed by atoms with Gasteiger partial charge in [-0.25, -0.2) is 0 Å². The minimum atomic E-state index is -0.442. The SMILES string of the molecule is NC1(COc2cccc([N+](=O)[O-])c2)CC1. The van der Waals surface area contributed by atoms with Crippen LogP contribution in [0.25, 0.3) is 0 Å². The van der Waals surface area contributed by atoms with Gasteiger partial charge in [-0.05, 0) is 18.9 Å². The van der Waals surface area contributed by atoms with Gasteiger partial charge in [-0.3, -0.25) is 10.1 Å². The second-order valence-electron chi connectivity index (χ2n) is 3.91. The summed E-state index contributed by atoms with van der Waals surface area (Å²) in [5.41, 5.74) is 5.67. The van der Waals surface area contributed by atoms with Gasteiger partial charge < -0.3 is 10.5 Å². The number of benzene rings is 1. The lowest BCUT2D eigenvalue weighted by molar-refractivity contribution is -0.384. The molecular formula is C10H12N2O3. The van der Waals surface area contributed by atoms with Crippen molar-refractivity contribution in [1.29, 1.82) is 0 Å². The first-order valence-electron chi connectivity index (χ1n) is 4.75. The molecule has 0 radical (unpaired) electrons. The summed E-state index contributed by atoms with van der Waals surface area (Å²) in [5.74, 6) is 0.501. The number of nitro benzene ring substituents is 1. The number of rotatable bonds is 4. The molecule has 0 saturated heterocycles. The molecule has 1 fully saturated rings. The highest BCUT2D eigenvalue weighted by Gasteiger charge is 2.39. The molecule has 1 aromatic rings. The van der Waals surface area contributed by atoms with E-state index in [4.69, 9.17) is 10.5 Å². The molecule has 0 amide bonds. The van der Waals surface area contributed by atoms with E-state index in [1.54, 1.807) is 12.1 Å². The van der Waals surface area contributed by atoms with Crippen LogP contribution in [0.4, 0.5) is 5.69 Å². The van der Waals surface area contributed by atoms with E-state index < -0.39 is 4.92 Å². The first-order valence-corrected chi connectivity index (χ1v) is 4.75. The zero-order valence-electron chi connectivity index (χ0n) is 8.18. The van der Waals surface area contributed by atoms with Gasteiger partial charge in [0.2, 0.25) is 0 Å². The predicted octanol–water partition coefficient (Wildman–Crippen LogP) is 1.46. The van der Waals surface area contributed by atoms with Gasteiger partial charge in [0.25, 0.3) is 5.69 Å². The van der Waals surface area contributed by atoms with Crippen LogP contribution in [0, 0.1) is 10.1 Å². The molecular weight excluding hydrogens is 196 g/mol. The Kier molecular flexibility index (Phi) is 2.32. The fraction of sp³-hybridized carbons (Fsp3) is 0.400. The van der Waals surface area contributed by atoms with Gasteiger partial charge in [-0.15, -0.1) is 0 Å². The third-order valence-electron chi connectivity index (χ3n) is 2.45. The van der Waals surface area contributed by atoms with Crippen molar-refractivity contribution in [3.8, 4) is 5.75 Å². The number of non-ortho nitro benzene ring substituents is 1. The second-order valence-corrected chi connectivity index (χ2v) is 3.91. The maximum atomic E-state index is 10.5. The smallest absolute Gasteiger partial charge is 0.273 e. The molecule has 2 rings (SSSR count). The highest BCUT2D eigenvalue weighted by atomic mass is 16.6. The normalized spacial score (nSPS) is 17.1. The van der Waals surface area contributed by atoms with E-state index in [1.165, 1.54) is 12.1 Å². The summed E-state index contributed by atoms with van der Waals surface area (Å²) < 4.78 is 5.39. The molecule has 15 heavy (non-hydrogen) atoms. The number of nitro groups is 1. The Hall–Kier alpha value is -1.62. The first-order chi connectivity index (χ1) is 7.09. The van der Waals surface area contributed by atoms with E-state index in [0.717, 1.165) is 12.8 Å². The van der Waals surface area contributed by atoms with E-state index in [-0.39, 0.29) is 11.2 Å². The Morgan fingerprint density at radius 1 is 1.53 bits per heavy atom. The minimum absolute atomic E-state index is 0.0365. The van der Waals surface area contributed by atoms with Gasteiger partial charge in [-0.2, -0.15) is 0 Å².